The van der Waals surface area contributed by atoms with Gasteiger partial charge < -0.3 is 9.73 Å². The van der Waals surface area contributed by atoms with Crippen LogP contribution in [0.5, 0.6) is 0 Å². The molecule has 0 aliphatic carbocycles. The van der Waals surface area contributed by atoms with Gasteiger partial charge in [-0.05, 0) is 29.8 Å². The van der Waals surface area contributed by atoms with E-state index in [1.54, 1.807) is 41.2 Å². The Labute approximate surface area is 176 Å². The number of anilines is 1. The highest BCUT2D eigenvalue weighted by Gasteiger charge is 2.13. The van der Waals surface area contributed by atoms with Gasteiger partial charge in [0.05, 0.1) is 18.5 Å². The number of halogens is 1. The SMILES string of the molecule is O=C(CSc1nnc(-c2ccc(Cl)cc2)o1)Nc1ccnn1Cc1ccccc1. The summed E-state index contributed by atoms with van der Waals surface area (Å²) in [6.07, 6.45) is 1.65. The van der Waals surface area contributed by atoms with Gasteiger partial charge in [0.25, 0.3) is 5.22 Å². The van der Waals surface area contributed by atoms with E-state index in [9.17, 15) is 4.79 Å². The molecule has 0 aliphatic heterocycles. The van der Waals surface area contributed by atoms with Crippen molar-refractivity contribution in [3.8, 4) is 11.5 Å². The van der Waals surface area contributed by atoms with Crippen LogP contribution in [-0.2, 0) is 11.3 Å². The molecule has 1 N–H and O–H groups in total. The van der Waals surface area contributed by atoms with Gasteiger partial charge in [0.1, 0.15) is 5.82 Å². The Morgan fingerprint density at radius 1 is 1.07 bits per heavy atom. The van der Waals surface area contributed by atoms with Gasteiger partial charge in [-0.3, -0.25) is 4.79 Å². The molecule has 0 saturated heterocycles. The number of carbonyl (C=O) groups excluding carboxylic acids is 1. The van der Waals surface area contributed by atoms with Crippen LogP contribution in [0.25, 0.3) is 11.5 Å². The number of aromatic nitrogens is 4. The van der Waals surface area contributed by atoms with E-state index in [1.165, 1.54) is 11.8 Å². The number of benzene rings is 2. The fourth-order valence-corrected chi connectivity index (χ4v) is 3.29. The fourth-order valence-electron chi connectivity index (χ4n) is 2.60. The van der Waals surface area contributed by atoms with Crippen LogP contribution in [0.4, 0.5) is 5.82 Å². The number of thioether (sulfide) groups is 1. The average Bonchev–Trinajstić information content (AvgIpc) is 3.38. The lowest BCUT2D eigenvalue weighted by Crippen LogP contribution is -2.17. The predicted octanol–water partition coefficient (Wildman–Crippen LogP) is 4.37. The summed E-state index contributed by atoms with van der Waals surface area (Å²) in [7, 11) is 0. The summed E-state index contributed by atoms with van der Waals surface area (Å²) in [5.41, 5.74) is 1.87. The molecule has 0 radical (unpaired) electrons. The summed E-state index contributed by atoms with van der Waals surface area (Å²) in [4.78, 5) is 12.3. The number of hydrogen-bond donors (Lipinski definition) is 1. The molecule has 0 aliphatic rings. The second-order valence-electron chi connectivity index (χ2n) is 6.08. The Hall–Kier alpha value is -3.10. The standard InChI is InChI=1S/C20H16ClN5O2S/c21-16-8-6-15(7-9-16)19-24-25-20(28-19)29-13-18(27)23-17-10-11-22-26(17)12-14-4-2-1-3-5-14/h1-11H,12-13H2,(H,23,27). The largest absolute Gasteiger partial charge is 0.411 e. The van der Waals surface area contributed by atoms with Gasteiger partial charge in [-0.2, -0.15) is 5.10 Å². The summed E-state index contributed by atoms with van der Waals surface area (Å²) in [6.45, 7) is 0.574. The van der Waals surface area contributed by atoms with Crippen LogP contribution in [-0.4, -0.2) is 31.6 Å². The van der Waals surface area contributed by atoms with Crippen molar-refractivity contribution in [1.82, 2.24) is 20.0 Å². The van der Waals surface area contributed by atoms with Crippen molar-refractivity contribution >= 4 is 35.1 Å². The Morgan fingerprint density at radius 2 is 1.86 bits per heavy atom. The molecule has 7 nitrogen and oxygen atoms in total. The third-order valence-electron chi connectivity index (χ3n) is 3.98. The lowest BCUT2D eigenvalue weighted by Gasteiger charge is -2.08. The van der Waals surface area contributed by atoms with Crippen LogP contribution in [0.15, 0.2) is 76.5 Å². The van der Waals surface area contributed by atoms with Crippen molar-refractivity contribution in [2.45, 2.75) is 11.8 Å². The zero-order chi connectivity index (χ0) is 20.1. The lowest BCUT2D eigenvalue weighted by molar-refractivity contribution is -0.113. The third-order valence-corrected chi connectivity index (χ3v) is 5.05. The summed E-state index contributed by atoms with van der Waals surface area (Å²) >= 11 is 7.05. The van der Waals surface area contributed by atoms with Gasteiger partial charge in [0.15, 0.2) is 0 Å². The number of hydrogen-bond acceptors (Lipinski definition) is 6. The maximum atomic E-state index is 12.3. The molecule has 4 rings (SSSR count). The topological polar surface area (TPSA) is 85.8 Å². The highest BCUT2D eigenvalue weighted by Crippen LogP contribution is 2.24. The molecule has 0 unspecified atom stereocenters. The molecule has 0 atom stereocenters. The molecule has 29 heavy (non-hydrogen) atoms. The van der Waals surface area contributed by atoms with Gasteiger partial charge in [0.2, 0.25) is 11.8 Å². The first-order valence-corrected chi connectivity index (χ1v) is 10.1. The molecule has 9 heteroatoms. The van der Waals surface area contributed by atoms with Crippen molar-refractivity contribution in [2.75, 3.05) is 11.1 Å². The first-order chi connectivity index (χ1) is 14.2. The Kier molecular flexibility index (Phi) is 5.92. The Balaban J connectivity index is 1.33. The molecule has 4 aromatic rings. The molecular formula is C20H16ClN5O2S. The van der Waals surface area contributed by atoms with Crippen LogP contribution in [0.3, 0.4) is 0 Å². The molecule has 146 valence electrons. The first kappa shape index (κ1) is 19.2. The van der Waals surface area contributed by atoms with E-state index < -0.39 is 0 Å². The van der Waals surface area contributed by atoms with E-state index >= 15 is 0 Å². The van der Waals surface area contributed by atoms with Gasteiger partial charge in [-0.15, -0.1) is 10.2 Å². The van der Waals surface area contributed by atoms with Crippen LogP contribution < -0.4 is 5.32 Å². The molecule has 2 aromatic carbocycles. The molecule has 0 spiro atoms. The van der Waals surface area contributed by atoms with E-state index in [2.05, 4.69) is 20.6 Å². The summed E-state index contributed by atoms with van der Waals surface area (Å²) < 4.78 is 7.34. The van der Waals surface area contributed by atoms with Crippen molar-refractivity contribution in [2.24, 2.45) is 0 Å². The minimum atomic E-state index is -0.184. The lowest BCUT2D eigenvalue weighted by atomic mass is 10.2. The van der Waals surface area contributed by atoms with Crippen LogP contribution in [0.1, 0.15) is 5.56 Å². The normalized spacial score (nSPS) is 10.8. The number of carbonyl (C=O) groups is 1. The van der Waals surface area contributed by atoms with Gasteiger partial charge >= 0.3 is 0 Å². The third kappa shape index (κ3) is 5.04. The summed E-state index contributed by atoms with van der Waals surface area (Å²) in [5, 5.41) is 16.1. The van der Waals surface area contributed by atoms with E-state index in [4.69, 9.17) is 16.0 Å². The number of nitrogens with zero attached hydrogens (tertiary/aromatic N) is 4. The molecule has 1 amide bonds. The fraction of sp³-hybridized carbons (Fsp3) is 0.100. The molecule has 0 bridgehead atoms. The second-order valence-corrected chi connectivity index (χ2v) is 7.44. The van der Waals surface area contributed by atoms with Crippen molar-refractivity contribution in [1.29, 1.82) is 0 Å². The van der Waals surface area contributed by atoms with Gasteiger partial charge in [-0.25, -0.2) is 4.68 Å². The van der Waals surface area contributed by atoms with E-state index in [1.807, 2.05) is 30.3 Å². The molecular weight excluding hydrogens is 410 g/mol. The van der Waals surface area contributed by atoms with Crippen molar-refractivity contribution in [3.63, 3.8) is 0 Å². The highest BCUT2D eigenvalue weighted by atomic mass is 35.5. The maximum absolute atomic E-state index is 12.3. The van der Waals surface area contributed by atoms with Crippen LogP contribution in [0.2, 0.25) is 5.02 Å². The first-order valence-electron chi connectivity index (χ1n) is 8.75. The van der Waals surface area contributed by atoms with E-state index in [0.29, 0.717) is 28.5 Å². The van der Waals surface area contributed by atoms with Gasteiger partial charge in [0, 0.05) is 16.7 Å². The quantitative estimate of drug-likeness (QED) is 0.442. The van der Waals surface area contributed by atoms with Crippen LogP contribution >= 0.6 is 23.4 Å². The minimum Gasteiger partial charge on any atom is -0.411 e. The second kappa shape index (κ2) is 8.93. The maximum Gasteiger partial charge on any atom is 0.277 e. The number of amides is 1. The van der Waals surface area contributed by atoms with Crippen molar-refractivity contribution in [3.05, 3.63) is 77.4 Å². The smallest absolute Gasteiger partial charge is 0.277 e. The summed E-state index contributed by atoms with van der Waals surface area (Å²) in [6, 6.07) is 18.8. The van der Waals surface area contributed by atoms with E-state index in [0.717, 1.165) is 11.1 Å². The number of rotatable bonds is 7. The molecule has 0 saturated carbocycles. The molecule has 2 aromatic heterocycles. The molecule has 0 fully saturated rings. The monoisotopic (exact) mass is 425 g/mol. The minimum absolute atomic E-state index is 0.138. The van der Waals surface area contributed by atoms with Gasteiger partial charge in [-0.1, -0.05) is 53.7 Å². The average molecular weight is 426 g/mol. The van der Waals surface area contributed by atoms with Crippen LogP contribution in [0, 0.1) is 0 Å². The molecule has 2 heterocycles. The highest BCUT2D eigenvalue weighted by molar-refractivity contribution is 7.99. The van der Waals surface area contributed by atoms with Crippen molar-refractivity contribution < 1.29 is 9.21 Å². The zero-order valence-electron chi connectivity index (χ0n) is 15.2. The predicted molar refractivity (Wildman–Crippen MR) is 112 cm³/mol. The Morgan fingerprint density at radius 3 is 2.66 bits per heavy atom. The number of nitrogens with one attached hydrogen (secondary N) is 1. The van der Waals surface area contributed by atoms with E-state index in [-0.39, 0.29) is 11.7 Å². The Bertz CT molecular complexity index is 1100. The summed E-state index contributed by atoms with van der Waals surface area (Å²) in [5.74, 6) is 0.965. The zero-order valence-corrected chi connectivity index (χ0v) is 16.7.